The van der Waals surface area contributed by atoms with Gasteiger partial charge < -0.3 is 10.1 Å². The average Bonchev–Trinajstić information content (AvgIpc) is 2.24. The molecule has 1 amide bonds. The van der Waals surface area contributed by atoms with Gasteiger partial charge in [0.1, 0.15) is 11.6 Å². The summed E-state index contributed by atoms with van der Waals surface area (Å²) in [6.07, 6.45) is 0. The molecule has 1 aliphatic rings. The highest BCUT2D eigenvalue weighted by atomic mass is 16.5. The number of carbonyl (C=O) groups excluding carboxylic acids is 1. The zero-order valence-corrected chi connectivity index (χ0v) is 7.97. The highest BCUT2D eigenvalue weighted by molar-refractivity contribution is 6.01. The topological polar surface area (TPSA) is 62.1 Å². The Morgan fingerprint density at radius 1 is 1.69 bits per heavy atom. The fraction of sp³-hybridized carbons (Fsp3) is 0.556. The molecular formula is C9H12N2O2. The van der Waals surface area contributed by atoms with Gasteiger partial charge in [-0.05, 0) is 20.8 Å². The van der Waals surface area contributed by atoms with E-state index in [9.17, 15) is 4.79 Å². The van der Waals surface area contributed by atoms with Crippen LogP contribution in [0.3, 0.4) is 0 Å². The number of nitriles is 1. The maximum atomic E-state index is 11.2. The smallest absolute Gasteiger partial charge is 0.264 e. The number of nitrogens with zero attached hydrogens (tertiary/aromatic N) is 1. The molecule has 70 valence electrons. The lowest BCUT2D eigenvalue weighted by Gasteiger charge is -2.25. The zero-order valence-electron chi connectivity index (χ0n) is 7.97. The normalized spacial score (nSPS) is 27.4. The van der Waals surface area contributed by atoms with Crippen molar-refractivity contribution in [3.05, 3.63) is 11.1 Å². The molecule has 4 heteroatoms. The molecule has 1 rings (SSSR count). The monoisotopic (exact) mass is 180 g/mol. The second kappa shape index (κ2) is 3.19. The minimum absolute atomic E-state index is 0.163. The van der Waals surface area contributed by atoms with Crippen molar-refractivity contribution in [3.8, 4) is 6.07 Å². The highest BCUT2D eigenvalue weighted by Crippen LogP contribution is 2.27. The molecule has 1 aliphatic heterocycles. The van der Waals surface area contributed by atoms with Crippen LogP contribution in [0.15, 0.2) is 11.1 Å². The molecule has 1 atom stereocenters. The Hall–Kier alpha value is -1.34. The van der Waals surface area contributed by atoms with Crippen LogP contribution in [0.25, 0.3) is 0 Å². The Kier molecular flexibility index (Phi) is 2.39. The number of carbonyl (C=O) groups is 1. The van der Waals surface area contributed by atoms with Crippen LogP contribution < -0.4 is 5.32 Å². The van der Waals surface area contributed by atoms with Gasteiger partial charge in [0.2, 0.25) is 0 Å². The van der Waals surface area contributed by atoms with Gasteiger partial charge in [-0.15, -0.1) is 0 Å². The molecule has 4 nitrogen and oxygen atoms in total. The fourth-order valence-corrected chi connectivity index (χ4v) is 1.35. The predicted molar refractivity (Wildman–Crippen MR) is 46.5 cm³/mol. The number of hydrogen-bond acceptors (Lipinski definition) is 3. The van der Waals surface area contributed by atoms with Crippen molar-refractivity contribution in [2.45, 2.75) is 26.5 Å². The standard InChI is InChI=1S/C9H12N2O2/c1-4-13-9(3)6(2)7(5-10)8(12)11-9/h4H2,1-3H3,(H,11,12). The first-order valence-electron chi connectivity index (χ1n) is 4.13. The molecule has 0 aromatic carbocycles. The van der Waals surface area contributed by atoms with E-state index >= 15 is 0 Å². The zero-order chi connectivity index (χ0) is 10.1. The minimum Gasteiger partial charge on any atom is -0.352 e. The largest absolute Gasteiger partial charge is 0.352 e. The number of amides is 1. The fourth-order valence-electron chi connectivity index (χ4n) is 1.35. The van der Waals surface area contributed by atoms with Crippen LogP contribution in [0.4, 0.5) is 0 Å². The molecule has 0 spiro atoms. The van der Waals surface area contributed by atoms with Gasteiger partial charge in [-0.2, -0.15) is 5.26 Å². The van der Waals surface area contributed by atoms with Crippen LogP contribution in [-0.2, 0) is 9.53 Å². The molecular weight excluding hydrogens is 168 g/mol. The van der Waals surface area contributed by atoms with Crippen molar-refractivity contribution < 1.29 is 9.53 Å². The minimum atomic E-state index is -0.795. The van der Waals surface area contributed by atoms with E-state index in [-0.39, 0.29) is 11.5 Å². The third kappa shape index (κ3) is 1.43. The summed E-state index contributed by atoms with van der Waals surface area (Å²) in [4.78, 5) is 11.2. The van der Waals surface area contributed by atoms with Gasteiger partial charge >= 0.3 is 0 Å². The SMILES string of the molecule is CCOC1(C)NC(=O)C(C#N)=C1C. The molecule has 0 aliphatic carbocycles. The van der Waals surface area contributed by atoms with Crippen LogP contribution >= 0.6 is 0 Å². The quantitative estimate of drug-likeness (QED) is 0.680. The van der Waals surface area contributed by atoms with Gasteiger partial charge in [-0.25, -0.2) is 0 Å². The van der Waals surface area contributed by atoms with E-state index in [1.54, 1.807) is 13.8 Å². The van der Waals surface area contributed by atoms with Gasteiger partial charge in [0.05, 0.1) is 0 Å². The van der Waals surface area contributed by atoms with E-state index in [2.05, 4.69) is 5.32 Å². The lowest BCUT2D eigenvalue weighted by molar-refractivity contribution is -0.122. The number of hydrogen-bond donors (Lipinski definition) is 1. The van der Waals surface area contributed by atoms with Crippen LogP contribution in [0.2, 0.25) is 0 Å². The molecule has 0 saturated carbocycles. The summed E-state index contributed by atoms with van der Waals surface area (Å²) in [5.74, 6) is -0.351. The van der Waals surface area contributed by atoms with Gasteiger partial charge in [0.15, 0.2) is 5.72 Å². The summed E-state index contributed by atoms with van der Waals surface area (Å²) < 4.78 is 5.36. The Labute approximate surface area is 77.2 Å². The summed E-state index contributed by atoms with van der Waals surface area (Å²) >= 11 is 0. The van der Waals surface area contributed by atoms with Gasteiger partial charge in [0.25, 0.3) is 5.91 Å². The summed E-state index contributed by atoms with van der Waals surface area (Å²) in [5, 5.41) is 11.3. The Morgan fingerprint density at radius 3 is 2.69 bits per heavy atom. The second-order valence-electron chi connectivity index (χ2n) is 3.03. The first-order valence-corrected chi connectivity index (χ1v) is 4.13. The maximum Gasteiger partial charge on any atom is 0.264 e. The Balaban J connectivity index is 3.04. The number of rotatable bonds is 2. The van der Waals surface area contributed by atoms with E-state index in [0.29, 0.717) is 12.2 Å². The molecule has 1 unspecified atom stereocenters. The molecule has 1 heterocycles. The van der Waals surface area contributed by atoms with Gasteiger partial charge in [-0.3, -0.25) is 4.79 Å². The van der Waals surface area contributed by atoms with Gasteiger partial charge in [-0.1, -0.05) is 0 Å². The molecule has 13 heavy (non-hydrogen) atoms. The molecule has 0 radical (unpaired) electrons. The van der Waals surface area contributed by atoms with E-state index in [0.717, 1.165) is 0 Å². The van der Waals surface area contributed by atoms with Crippen molar-refractivity contribution >= 4 is 5.91 Å². The van der Waals surface area contributed by atoms with Crippen molar-refractivity contribution in [2.75, 3.05) is 6.61 Å². The van der Waals surface area contributed by atoms with Crippen molar-refractivity contribution in [3.63, 3.8) is 0 Å². The molecule has 1 N–H and O–H groups in total. The van der Waals surface area contributed by atoms with Crippen LogP contribution in [0.1, 0.15) is 20.8 Å². The summed E-state index contributed by atoms with van der Waals surface area (Å²) in [5.41, 5.74) is 0.0227. The molecule has 0 saturated heterocycles. The van der Waals surface area contributed by atoms with E-state index in [1.165, 1.54) is 0 Å². The third-order valence-electron chi connectivity index (χ3n) is 2.21. The van der Waals surface area contributed by atoms with Gasteiger partial charge in [0, 0.05) is 12.2 Å². The Bertz CT molecular complexity index is 314. The van der Waals surface area contributed by atoms with E-state index < -0.39 is 5.72 Å². The molecule has 0 fully saturated rings. The molecule has 0 aromatic heterocycles. The van der Waals surface area contributed by atoms with Crippen molar-refractivity contribution in [1.82, 2.24) is 5.32 Å². The maximum absolute atomic E-state index is 11.2. The number of ether oxygens (including phenoxy) is 1. The molecule has 0 bridgehead atoms. The lowest BCUT2D eigenvalue weighted by atomic mass is 10.1. The van der Waals surface area contributed by atoms with Crippen LogP contribution in [-0.4, -0.2) is 18.2 Å². The lowest BCUT2D eigenvalue weighted by Crippen LogP contribution is -2.43. The summed E-state index contributed by atoms with van der Waals surface area (Å²) in [6, 6.07) is 1.86. The van der Waals surface area contributed by atoms with E-state index in [1.807, 2.05) is 13.0 Å². The summed E-state index contributed by atoms with van der Waals surface area (Å²) in [6.45, 7) is 5.81. The first-order chi connectivity index (χ1) is 6.05. The van der Waals surface area contributed by atoms with Crippen molar-refractivity contribution in [2.24, 2.45) is 0 Å². The predicted octanol–water partition coefficient (Wildman–Crippen LogP) is 0.709. The first kappa shape index (κ1) is 9.75. The summed E-state index contributed by atoms with van der Waals surface area (Å²) in [7, 11) is 0. The van der Waals surface area contributed by atoms with Crippen molar-refractivity contribution in [1.29, 1.82) is 5.26 Å². The number of nitrogens with one attached hydrogen (secondary N) is 1. The molecule has 0 aromatic rings. The van der Waals surface area contributed by atoms with Crippen LogP contribution in [0, 0.1) is 11.3 Å². The highest BCUT2D eigenvalue weighted by Gasteiger charge is 2.39. The average molecular weight is 180 g/mol. The third-order valence-corrected chi connectivity index (χ3v) is 2.21. The van der Waals surface area contributed by atoms with E-state index in [4.69, 9.17) is 10.00 Å². The van der Waals surface area contributed by atoms with Crippen LogP contribution in [0.5, 0.6) is 0 Å². The Morgan fingerprint density at radius 2 is 2.31 bits per heavy atom. The second-order valence-corrected chi connectivity index (χ2v) is 3.03.